The smallest absolute Gasteiger partial charge is 0.0900 e. The highest BCUT2D eigenvalue weighted by Gasteiger charge is 2.38. The van der Waals surface area contributed by atoms with Gasteiger partial charge in [-0.2, -0.15) is 0 Å². The standard InChI is InChI=1S/C52H112N6O25/c59-13-1-53(2-14-60)25-45(71)31-77-37-51(38-78-32-46(72)26-54(3-15-61)4-16-62,39-79-33-47(73)27-55(5-17-63)6-18-64)43-83-44-52(40-80-34-48(74)28-56(7-19-65)8-20-66,41-81-35-49(75)29-57(9-21-67)10-22-68)42-82-36-50(76)30-58(11-23-69)12-24-70/h45-50,59-76H,1-44H2. The fourth-order valence-electron chi connectivity index (χ4n) is 9.02. The molecule has 0 spiro atoms. The maximum absolute atomic E-state index is 11.1. The van der Waals surface area contributed by atoms with Crippen molar-refractivity contribution in [2.24, 2.45) is 10.8 Å². The number of aliphatic hydroxyl groups excluding tert-OH is 18. The number of hydrogen-bond acceptors (Lipinski definition) is 31. The van der Waals surface area contributed by atoms with Gasteiger partial charge in [-0.15, -0.1) is 0 Å². The number of nitrogens with zero attached hydrogens (tertiary/aromatic N) is 6. The molecule has 31 heteroatoms. The third kappa shape index (κ3) is 42.4. The first kappa shape index (κ1) is 81.8. The van der Waals surface area contributed by atoms with Gasteiger partial charge in [-0.1, -0.05) is 0 Å². The molecule has 0 aromatic rings. The quantitative estimate of drug-likeness (QED) is 0.0269. The van der Waals surface area contributed by atoms with Gasteiger partial charge in [-0.25, -0.2) is 0 Å². The van der Waals surface area contributed by atoms with Crippen molar-refractivity contribution in [3.8, 4) is 0 Å². The fourth-order valence-corrected chi connectivity index (χ4v) is 9.02. The summed E-state index contributed by atoms with van der Waals surface area (Å²) in [7, 11) is 0. The van der Waals surface area contributed by atoms with Crippen LogP contribution in [0.4, 0.5) is 0 Å². The molecular weight excluding hydrogens is 1110 g/mol. The van der Waals surface area contributed by atoms with Gasteiger partial charge >= 0.3 is 0 Å². The molecule has 0 aromatic carbocycles. The predicted molar refractivity (Wildman–Crippen MR) is 300 cm³/mol. The second kappa shape index (κ2) is 53.8. The average Bonchev–Trinajstić information content (AvgIpc) is 3.43. The van der Waals surface area contributed by atoms with E-state index in [9.17, 15) is 91.9 Å². The Morgan fingerprint density at radius 3 is 0.446 bits per heavy atom. The Balaban J connectivity index is 7.59. The molecule has 0 saturated carbocycles. The van der Waals surface area contributed by atoms with Crippen molar-refractivity contribution in [3.63, 3.8) is 0 Å². The monoisotopic (exact) mass is 1220 g/mol. The van der Waals surface area contributed by atoms with E-state index in [0.29, 0.717) is 0 Å². The van der Waals surface area contributed by atoms with Crippen molar-refractivity contribution in [3.05, 3.63) is 0 Å². The van der Waals surface area contributed by atoms with E-state index in [4.69, 9.17) is 33.2 Å². The van der Waals surface area contributed by atoms with E-state index in [2.05, 4.69) is 0 Å². The van der Waals surface area contributed by atoms with Crippen molar-refractivity contribution in [1.82, 2.24) is 29.4 Å². The van der Waals surface area contributed by atoms with Gasteiger partial charge in [0.15, 0.2) is 0 Å². The van der Waals surface area contributed by atoms with Crippen LogP contribution in [-0.2, 0) is 33.2 Å². The average molecular weight is 1220 g/mol. The predicted octanol–water partition coefficient (Wildman–Crippen LogP) is -11.0. The highest BCUT2D eigenvalue weighted by atomic mass is 16.5. The fraction of sp³-hybridized carbons (Fsp3) is 1.00. The molecule has 0 amide bonds. The van der Waals surface area contributed by atoms with E-state index >= 15 is 0 Å². The minimum atomic E-state index is -1.37. The number of aliphatic hydroxyl groups is 18. The summed E-state index contributed by atoms with van der Waals surface area (Å²) in [6.45, 7) is -4.86. The van der Waals surface area contributed by atoms with Crippen molar-refractivity contribution in [2.45, 2.75) is 36.6 Å². The van der Waals surface area contributed by atoms with Crippen LogP contribution in [-0.4, -0.2) is 448 Å². The minimum absolute atomic E-state index is 0.00960. The zero-order valence-corrected chi connectivity index (χ0v) is 49.2. The second-order valence-corrected chi connectivity index (χ2v) is 21.0. The van der Waals surface area contributed by atoms with Crippen molar-refractivity contribution < 1.29 is 125 Å². The summed E-state index contributed by atoms with van der Waals surface area (Å²) in [6, 6.07) is 0. The van der Waals surface area contributed by atoms with Crippen LogP contribution < -0.4 is 0 Å². The summed E-state index contributed by atoms with van der Waals surface area (Å²) < 4.78 is 43.8. The van der Waals surface area contributed by atoms with E-state index in [0.717, 1.165) is 0 Å². The Morgan fingerprint density at radius 1 is 0.205 bits per heavy atom. The molecule has 0 bridgehead atoms. The summed E-state index contributed by atoms with van der Waals surface area (Å²) in [6.07, 6.45) is -6.81. The van der Waals surface area contributed by atoms with Gasteiger partial charge < -0.3 is 125 Å². The van der Waals surface area contributed by atoms with Gasteiger partial charge in [0.25, 0.3) is 0 Å². The highest BCUT2D eigenvalue weighted by molar-refractivity contribution is 4.85. The number of rotatable bonds is 64. The maximum atomic E-state index is 11.1. The molecule has 0 aliphatic carbocycles. The molecule has 0 aliphatic heterocycles. The van der Waals surface area contributed by atoms with Crippen LogP contribution in [0, 0.1) is 10.8 Å². The summed E-state index contributed by atoms with van der Waals surface area (Å²) in [5, 5.41) is 182. The van der Waals surface area contributed by atoms with Crippen molar-refractivity contribution in [1.29, 1.82) is 0 Å². The Hall–Kier alpha value is -1.24. The molecule has 6 atom stereocenters. The van der Waals surface area contributed by atoms with Crippen molar-refractivity contribution in [2.75, 3.05) is 290 Å². The molecule has 0 saturated heterocycles. The third-order valence-electron chi connectivity index (χ3n) is 12.9. The first-order valence-corrected chi connectivity index (χ1v) is 28.8. The van der Waals surface area contributed by atoms with Gasteiger partial charge in [0.05, 0.1) is 219 Å². The van der Waals surface area contributed by atoms with E-state index in [-0.39, 0.29) is 290 Å². The Bertz CT molecular complexity index is 1130. The van der Waals surface area contributed by atoms with Crippen LogP contribution in [0.15, 0.2) is 0 Å². The molecule has 0 radical (unpaired) electrons. The Labute approximate surface area is 490 Å². The molecule has 31 nitrogen and oxygen atoms in total. The lowest BCUT2D eigenvalue weighted by Crippen LogP contribution is -2.48. The summed E-state index contributed by atoms with van der Waals surface area (Å²) in [5.41, 5.74) is -2.74. The zero-order valence-electron chi connectivity index (χ0n) is 49.2. The Morgan fingerprint density at radius 2 is 0.325 bits per heavy atom. The molecular formula is C52H112N6O25. The van der Waals surface area contributed by atoms with Gasteiger partial charge in [-0.05, 0) is 0 Å². The maximum Gasteiger partial charge on any atom is 0.0900 e. The first-order chi connectivity index (χ1) is 40.0. The highest BCUT2D eigenvalue weighted by Crippen LogP contribution is 2.26. The summed E-state index contributed by atoms with van der Waals surface area (Å²) in [4.78, 5) is 9.81. The van der Waals surface area contributed by atoms with Gasteiger partial charge in [0.1, 0.15) is 0 Å². The summed E-state index contributed by atoms with van der Waals surface area (Å²) in [5.74, 6) is 0. The normalized spacial score (nSPS) is 16.2. The molecule has 0 heterocycles. The molecule has 500 valence electrons. The van der Waals surface area contributed by atoms with Crippen LogP contribution in [0.5, 0.6) is 0 Å². The first-order valence-electron chi connectivity index (χ1n) is 28.8. The van der Waals surface area contributed by atoms with Crippen molar-refractivity contribution >= 4 is 0 Å². The molecule has 0 fully saturated rings. The molecule has 0 aliphatic rings. The molecule has 18 N–H and O–H groups in total. The number of ether oxygens (including phenoxy) is 7. The van der Waals surface area contributed by atoms with Crippen LogP contribution in [0.2, 0.25) is 0 Å². The third-order valence-corrected chi connectivity index (χ3v) is 12.9. The van der Waals surface area contributed by atoms with E-state index in [1.807, 2.05) is 0 Å². The summed E-state index contributed by atoms with van der Waals surface area (Å²) >= 11 is 0. The van der Waals surface area contributed by atoms with Crippen LogP contribution in [0.25, 0.3) is 0 Å². The lowest BCUT2D eigenvalue weighted by Gasteiger charge is -2.38. The SMILES string of the molecule is OCCN(CCO)CC(O)COCC(COCC(O)CN(CCO)CCO)(COCC(O)CN(CCO)CCO)COCC(COCC(O)CN(CCO)CCO)(COCC(O)CN(CCO)CCO)COCC(O)CN(CCO)CCO. The number of hydrogen-bond donors (Lipinski definition) is 18. The second-order valence-electron chi connectivity index (χ2n) is 21.0. The van der Waals surface area contributed by atoms with E-state index in [1.54, 1.807) is 29.4 Å². The van der Waals surface area contributed by atoms with Gasteiger partial charge in [0.2, 0.25) is 0 Å². The zero-order chi connectivity index (χ0) is 62.0. The minimum Gasteiger partial charge on any atom is -0.395 e. The molecule has 0 aromatic heterocycles. The topological polar surface area (TPSA) is 448 Å². The van der Waals surface area contributed by atoms with Gasteiger partial charge in [-0.3, -0.25) is 29.4 Å². The van der Waals surface area contributed by atoms with E-state index in [1.165, 1.54) is 0 Å². The van der Waals surface area contributed by atoms with Crippen LogP contribution in [0.1, 0.15) is 0 Å². The Kier molecular flexibility index (Phi) is 53.0. The van der Waals surface area contributed by atoms with Crippen LogP contribution in [0.3, 0.4) is 0 Å². The van der Waals surface area contributed by atoms with E-state index < -0.39 is 47.5 Å². The lowest BCUT2D eigenvalue weighted by molar-refractivity contribution is -0.158. The van der Waals surface area contributed by atoms with Gasteiger partial charge in [0, 0.05) is 118 Å². The molecule has 83 heavy (non-hydrogen) atoms. The molecule has 6 unspecified atom stereocenters. The lowest BCUT2D eigenvalue weighted by atomic mass is 9.90. The van der Waals surface area contributed by atoms with Crippen LogP contribution >= 0.6 is 0 Å². The largest absolute Gasteiger partial charge is 0.395 e. The molecule has 0 rings (SSSR count).